The standard InChI is InChI=1S/C26H28N6O2S/c1-17-25(21-11-12-32(31-21)15-20-16-33-22-9-5-6-10-23(22)34-20)35-26(29-17)27-13-19-14-28-30-24(19)18-7-3-2-4-8-18/h2-12,19-20,24,28,30H,13-16H2,1H3,(H,27,29). The fourth-order valence-electron chi connectivity index (χ4n) is 4.62. The first-order valence-electron chi connectivity index (χ1n) is 11.9. The van der Waals surface area contributed by atoms with Crippen LogP contribution < -0.4 is 25.6 Å². The smallest absolute Gasteiger partial charge is 0.183 e. The van der Waals surface area contributed by atoms with Crippen LogP contribution in [0, 0.1) is 12.8 Å². The first-order valence-corrected chi connectivity index (χ1v) is 12.7. The van der Waals surface area contributed by atoms with Crippen LogP contribution in [0.2, 0.25) is 0 Å². The SMILES string of the molecule is Cc1nc(NCC2CNNC2c2ccccc2)sc1-c1ccn(CC2COc3ccccc3O2)n1. The topological polar surface area (TPSA) is 85.3 Å². The van der Waals surface area contributed by atoms with E-state index in [9.17, 15) is 0 Å². The van der Waals surface area contributed by atoms with Crippen LogP contribution in [-0.2, 0) is 6.54 Å². The molecule has 4 heterocycles. The van der Waals surface area contributed by atoms with Crippen molar-refractivity contribution in [3.05, 3.63) is 78.1 Å². The molecule has 2 aliphatic rings. The first-order chi connectivity index (χ1) is 17.2. The third-order valence-electron chi connectivity index (χ3n) is 6.40. The molecule has 3 N–H and O–H groups in total. The number of nitrogens with zero attached hydrogens (tertiary/aromatic N) is 3. The molecule has 1 saturated heterocycles. The van der Waals surface area contributed by atoms with Crippen LogP contribution in [0.4, 0.5) is 5.13 Å². The molecular formula is C26H28N6O2S. The summed E-state index contributed by atoms with van der Waals surface area (Å²) in [6.07, 6.45) is 1.91. The molecule has 2 aromatic heterocycles. The zero-order valence-electron chi connectivity index (χ0n) is 19.5. The largest absolute Gasteiger partial charge is 0.486 e. The van der Waals surface area contributed by atoms with Crippen LogP contribution in [0.25, 0.3) is 10.6 Å². The number of para-hydroxylation sites is 2. The molecule has 9 heteroatoms. The van der Waals surface area contributed by atoms with Crippen LogP contribution in [0.15, 0.2) is 66.9 Å². The molecule has 0 aliphatic carbocycles. The summed E-state index contributed by atoms with van der Waals surface area (Å²) in [5.74, 6) is 2.00. The van der Waals surface area contributed by atoms with E-state index < -0.39 is 0 Å². The molecule has 4 aromatic rings. The van der Waals surface area contributed by atoms with Crippen molar-refractivity contribution in [2.24, 2.45) is 5.92 Å². The summed E-state index contributed by atoms with van der Waals surface area (Å²) in [5.41, 5.74) is 9.91. The van der Waals surface area contributed by atoms with Gasteiger partial charge in [0.2, 0.25) is 0 Å². The molecule has 35 heavy (non-hydrogen) atoms. The highest BCUT2D eigenvalue weighted by molar-refractivity contribution is 7.19. The lowest BCUT2D eigenvalue weighted by Gasteiger charge is -2.26. The Bertz CT molecular complexity index is 1290. The molecule has 0 saturated carbocycles. The number of nitrogens with one attached hydrogen (secondary N) is 3. The number of ether oxygens (including phenoxy) is 2. The molecule has 0 amide bonds. The van der Waals surface area contributed by atoms with E-state index in [1.165, 1.54) is 5.56 Å². The Morgan fingerprint density at radius 1 is 1.09 bits per heavy atom. The van der Waals surface area contributed by atoms with Crippen LogP contribution in [0.5, 0.6) is 11.5 Å². The zero-order chi connectivity index (χ0) is 23.6. The predicted molar refractivity (Wildman–Crippen MR) is 137 cm³/mol. The van der Waals surface area contributed by atoms with Crippen molar-refractivity contribution in [2.75, 3.05) is 25.0 Å². The lowest BCUT2D eigenvalue weighted by molar-refractivity contribution is 0.0759. The number of thiazole rings is 1. The highest BCUT2D eigenvalue weighted by atomic mass is 32.1. The van der Waals surface area contributed by atoms with Gasteiger partial charge in [0.25, 0.3) is 0 Å². The van der Waals surface area contributed by atoms with E-state index in [1.807, 2.05) is 48.1 Å². The second-order valence-electron chi connectivity index (χ2n) is 8.91. The monoisotopic (exact) mass is 488 g/mol. The van der Waals surface area contributed by atoms with E-state index >= 15 is 0 Å². The van der Waals surface area contributed by atoms with Gasteiger partial charge < -0.3 is 14.8 Å². The van der Waals surface area contributed by atoms with Gasteiger partial charge in [-0.1, -0.05) is 53.8 Å². The number of hydrogen-bond donors (Lipinski definition) is 3. The summed E-state index contributed by atoms with van der Waals surface area (Å²) in [7, 11) is 0. The number of hydrogen-bond acceptors (Lipinski definition) is 8. The van der Waals surface area contributed by atoms with Gasteiger partial charge >= 0.3 is 0 Å². The van der Waals surface area contributed by atoms with Gasteiger partial charge in [-0.15, -0.1) is 0 Å². The number of aromatic nitrogens is 3. The normalized spacial score (nSPS) is 21.2. The molecule has 3 atom stereocenters. The Kier molecular flexibility index (Phi) is 6.12. The van der Waals surface area contributed by atoms with Crippen LogP contribution in [-0.4, -0.2) is 40.6 Å². The summed E-state index contributed by atoms with van der Waals surface area (Å²) in [4.78, 5) is 5.85. The molecule has 0 spiro atoms. The van der Waals surface area contributed by atoms with Crippen molar-refractivity contribution in [2.45, 2.75) is 25.6 Å². The van der Waals surface area contributed by atoms with E-state index in [0.29, 0.717) is 19.1 Å². The average Bonchev–Trinajstić information content (AvgIpc) is 3.63. The van der Waals surface area contributed by atoms with Crippen LogP contribution in [0.1, 0.15) is 17.3 Å². The van der Waals surface area contributed by atoms with Crippen molar-refractivity contribution in [1.29, 1.82) is 0 Å². The highest BCUT2D eigenvalue weighted by Crippen LogP contribution is 2.34. The number of anilines is 1. The van der Waals surface area contributed by atoms with Gasteiger partial charge in [-0.05, 0) is 30.7 Å². The minimum absolute atomic E-state index is 0.0800. The van der Waals surface area contributed by atoms with Crippen LogP contribution >= 0.6 is 11.3 Å². The molecule has 2 aromatic carbocycles. The summed E-state index contributed by atoms with van der Waals surface area (Å²) in [6.45, 7) is 4.91. The first kappa shape index (κ1) is 22.1. The van der Waals surface area contributed by atoms with Crippen molar-refractivity contribution in [3.63, 3.8) is 0 Å². The Morgan fingerprint density at radius 2 is 1.91 bits per heavy atom. The molecule has 0 radical (unpaired) electrons. The minimum atomic E-state index is -0.0800. The van der Waals surface area contributed by atoms with Gasteiger partial charge in [0.1, 0.15) is 12.3 Å². The lowest BCUT2D eigenvalue weighted by Crippen LogP contribution is -2.33. The maximum atomic E-state index is 6.08. The van der Waals surface area contributed by atoms with Gasteiger partial charge in [-0.3, -0.25) is 10.1 Å². The van der Waals surface area contributed by atoms with E-state index in [-0.39, 0.29) is 12.1 Å². The Balaban J connectivity index is 1.09. The quantitative estimate of drug-likeness (QED) is 0.362. The second kappa shape index (κ2) is 9.69. The van der Waals surface area contributed by atoms with Crippen molar-refractivity contribution in [3.8, 4) is 22.1 Å². The van der Waals surface area contributed by atoms with E-state index in [2.05, 4.69) is 46.5 Å². The van der Waals surface area contributed by atoms with E-state index in [0.717, 1.165) is 46.0 Å². The molecule has 0 bridgehead atoms. The third kappa shape index (κ3) is 4.75. The summed E-state index contributed by atoms with van der Waals surface area (Å²) in [5, 5.41) is 9.28. The van der Waals surface area contributed by atoms with Gasteiger partial charge in [-0.25, -0.2) is 10.4 Å². The van der Waals surface area contributed by atoms with Gasteiger partial charge in [-0.2, -0.15) is 5.10 Å². The molecule has 180 valence electrons. The fraction of sp³-hybridized carbons (Fsp3) is 0.308. The zero-order valence-corrected chi connectivity index (χ0v) is 20.3. The predicted octanol–water partition coefficient (Wildman–Crippen LogP) is 4.03. The molecule has 2 aliphatic heterocycles. The van der Waals surface area contributed by atoms with Gasteiger partial charge in [0, 0.05) is 25.2 Å². The van der Waals surface area contributed by atoms with Gasteiger partial charge in [0.05, 0.1) is 23.2 Å². The van der Waals surface area contributed by atoms with E-state index in [4.69, 9.17) is 19.6 Å². The van der Waals surface area contributed by atoms with Crippen molar-refractivity contribution < 1.29 is 9.47 Å². The third-order valence-corrected chi connectivity index (χ3v) is 7.53. The minimum Gasteiger partial charge on any atom is -0.486 e. The van der Waals surface area contributed by atoms with E-state index in [1.54, 1.807) is 11.3 Å². The molecule has 8 nitrogen and oxygen atoms in total. The molecular weight excluding hydrogens is 460 g/mol. The summed E-state index contributed by atoms with van der Waals surface area (Å²) >= 11 is 1.65. The van der Waals surface area contributed by atoms with Crippen molar-refractivity contribution in [1.82, 2.24) is 25.6 Å². The number of fused-ring (bicyclic) bond motifs is 1. The molecule has 1 fully saturated rings. The maximum Gasteiger partial charge on any atom is 0.183 e. The molecule has 3 unspecified atom stereocenters. The van der Waals surface area contributed by atoms with Gasteiger partial charge in [0.15, 0.2) is 22.7 Å². The lowest BCUT2D eigenvalue weighted by atomic mass is 9.95. The average molecular weight is 489 g/mol. The Morgan fingerprint density at radius 3 is 2.80 bits per heavy atom. The second-order valence-corrected chi connectivity index (χ2v) is 9.91. The van der Waals surface area contributed by atoms with Crippen LogP contribution in [0.3, 0.4) is 0 Å². The number of benzene rings is 2. The van der Waals surface area contributed by atoms with Crippen molar-refractivity contribution >= 4 is 16.5 Å². The Labute approximate surface area is 208 Å². The highest BCUT2D eigenvalue weighted by Gasteiger charge is 2.28. The number of hydrazine groups is 1. The number of rotatable bonds is 7. The summed E-state index contributed by atoms with van der Waals surface area (Å²) < 4.78 is 13.8. The summed E-state index contributed by atoms with van der Waals surface area (Å²) in [6, 6.07) is 20.6. The maximum absolute atomic E-state index is 6.08. The molecule has 6 rings (SSSR count). The fourth-order valence-corrected chi connectivity index (χ4v) is 5.55. The number of aryl methyl sites for hydroxylation is 1. The Hall–Kier alpha value is -3.40.